The molecule has 2 unspecified atom stereocenters. The van der Waals surface area contributed by atoms with Crippen LogP contribution in [-0.2, 0) is 0 Å². The summed E-state index contributed by atoms with van der Waals surface area (Å²) < 4.78 is 0. The zero-order valence-corrected chi connectivity index (χ0v) is 14.7. The molecule has 27 heavy (non-hydrogen) atoms. The van der Waals surface area contributed by atoms with E-state index in [9.17, 15) is 4.79 Å². The van der Waals surface area contributed by atoms with E-state index in [1.54, 1.807) is 18.5 Å². The van der Waals surface area contributed by atoms with Crippen molar-refractivity contribution in [3.63, 3.8) is 0 Å². The highest BCUT2D eigenvalue weighted by Crippen LogP contribution is 2.41. The van der Waals surface area contributed by atoms with Crippen molar-refractivity contribution < 1.29 is 0 Å². The first kappa shape index (κ1) is 16.9. The number of rotatable bonds is 5. The van der Waals surface area contributed by atoms with Crippen molar-refractivity contribution >= 4 is 0 Å². The Bertz CT molecular complexity index is 1010. The number of benzene rings is 1. The van der Waals surface area contributed by atoms with Gasteiger partial charge >= 0.3 is 0 Å². The Morgan fingerprint density at radius 2 is 1.26 bits per heavy atom. The molecule has 4 rings (SSSR count). The van der Waals surface area contributed by atoms with Crippen LogP contribution in [0.25, 0.3) is 0 Å². The fraction of sp³-hybridized carbons (Fsp3) is 0.0870. The minimum atomic E-state index is -0.112. The first-order valence-electron chi connectivity index (χ1n) is 8.87. The molecular weight excluding hydrogens is 334 g/mol. The molecule has 0 aliphatic rings. The highest BCUT2D eigenvalue weighted by Gasteiger charge is 2.29. The lowest BCUT2D eigenvalue weighted by Gasteiger charge is -2.28. The van der Waals surface area contributed by atoms with E-state index in [1.807, 2.05) is 48.8 Å². The largest absolute Gasteiger partial charge is 0.326 e. The van der Waals surface area contributed by atoms with Crippen molar-refractivity contribution in [2.24, 2.45) is 0 Å². The Labute approximate surface area is 157 Å². The monoisotopic (exact) mass is 353 g/mol. The van der Waals surface area contributed by atoms with Crippen LogP contribution in [0.5, 0.6) is 0 Å². The maximum absolute atomic E-state index is 12.0. The Balaban J connectivity index is 1.96. The molecule has 0 radical (unpaired) electrons. The molecule has 3 aromatic heterocycles. The third-order valence-electron chi connectivity index (χ3n) is 4.71. The topological polar surface area (TPSA) is 58.6 Å². The van der Waals surface area contributed by atoms with E-state index in [4.69, 9.17) is 0 Å². The lowest BCUT2D eigenvalue weighted by atomic mass is 9.76. The fourth-order valence-electron chi connectivity index (χ4n) is 3.56. The van der Waals surface area contributed by atoms with E-state index in [-0.39, 0.29) is 17.4 Å². The summed E-state index contributed by atoms with van der Waals surface area (Å²) in [6, 6.07) is 23.6. The Kier molecular flexibility index (Phi) is 4.88. The zero-order chi connectivity index (χ0) is 18.5. The number of hydrogen-bond donors (Lipinski definition) is 1. The van der Waals surface area contributed by atoms with Crippen molar-refractivity contribution in [3.8, 4) is 0 Å². The summed E-state index contributed by atoms with van der Waals surface area (Å²) >= 11 is 0. The van der Waals surface area contributed by atoms with E-state index in [0.717, 1.165) is 22.4 Å². The maximum atomic E-state index is 12.0. The Hall–Kier alpha value is -3.53. The highest BCUT2D eigenvalue weighted by atomic mass is 16.1. The molecule has 4 aromatic rings. The molecule has 0 amide bonds. The molecule has 2 atom stereocenters. The maximum Gasteiger partial charge on any atom is 0.248 e. The number of nitrogens with zero attached hydrogens (tertiary/aromatic N) is 2. The average Bonchev–Trinajstić information content (AvgIpc) is 2.74. The molecule has 3 heterocycles. The van der Waals surface area contributed by atoms with Crippen LogP contribution in [0.2, 0.25) is 0 Å². The van der Waals surface area contributed by atoms with E-state index in [1.165, 1.54) is 6.07 Å². The standard InChI is InChI=1S/C23H19N3O/c27-21-12-4-11-20(26-21)23(19-10-6-14-25-16-19)22(17-7-2-1-3-8-17)18-9-5-13-24-15-18/h1-16,22-23H,(H,26,27). The molecule has 0 aliphatic heterocycles. The van der Waals surface area contributed by atoms with Crippen molar-refractivity contribution in [2.45, 2.75) is 11.8 Å². The van der Waals surface area contributed by atoms with Crippen LogP contribution in [0.4, 0.5) is 0 Å². The summed E-state index contributed by atoms with van der Waals surface area (Å²) in [5.41, 5.74) is 4.02. The van der Waals surface area contributed by atoms with Gasteiger partial charge in [0.15, 0.2) is 0 Å². The second kappa shape index (κ2) is 7.79. The quantitative estimate of drug-likeness (QED) is 0.587. The van der Waals surface area contributed by atoms with Crippen LogP contribution < -0.4 is 5.56 Å². The number of hydrogen-bond acceptors (Lipinski definition) is 3. The molecule has 0 fully saturated rings. The molecular formula is C23H19N3O. The van der Waals surface area contributed by atoms with Gasteiger partial charge in [0.25, 0.3) is 0 Å². The van der Waals surface area contributed by atoms with Gasteiger partial charge in [-0.05, 0) is 34.9 Å². The number of aromatic nitrogens is 3. The number of nitrogens with one attached hydrogen (secondary N) is 1. The van der Waals surface area contributed by atoms with Gasteiger partial charge in [-0.1, -0.05) is 48.5 Å². The summed E-state index contributed by atoms with van der Waals surface area (Å²) in [4.78, 5) is 23.7. The van der Waals surface area contributed by atoms with E-state index >= 15 is 0 Å². The van der Waals surface area contributed by atoms with Gasteiger partial charge < -0.3 is 4.98 Å². The van der Waals surface area contributed by atoms with Gasteiger partial charge in [-0.3, -0.25) is 14.8 Å². The summed E-state index contributed by atoms with van der Waals surface area (Å²) in [5, 5.41) is 0. The molecule has 0 saturated carbocycles. The van der Waals surface area contributed by atoms with Gasteiger partial charge in [0.2, 0.25) is 5.56 Å². The second-order valence-electron chi connectivity index (χ2n) is 6.41. The minimum Gasteiger partial charge on any atom is -0.326 e. The summed E-state index contributed by atoms with van der Waals surface area (Å²) in [7, 11) is 0. The molecule has 0 saturated heterocycles. The van der Waals surface area contributed by atoms with Crippen molar-refractivity contribution in [3.05, 3.63) is 130 Å². The number of H-pyrrole nitrogens is 1. The molecule has 4 nitrogen and oxygen atoms in total. The van der Waals surface area contributed by atoms with E-state index < -0.39 is 0 Å². The zero-order valence-electron chi connectivity index (χ0n) is 14.7. The van der Waals surface area contributed by atoms with Gasteiger partial charge in [-0.25, -0.2) is 0 Å². The minimum absolute atomic E-state index is 0.0119. The number of pyridine rings is 3. The van der Waals surface area contributed by atoms with Crippen LogP contribution in [0.3, 0.4) is 0 Å². The first-order chi connectivity index (χ1) is 13.3. The normalized spacial score (nSPS) is 13.0. The summed E-state index contributed by atoms with van der Waals surface area (Å²) in [6.45, 7) is 0. The van der Waals surface area contributed by atoms with Crippen molar-refractivity contribution in [1.82, 2.24) is 15.0 Å². The summed E-state index contributed by atoms with van der Waals surface area (Å²) in [6.07, 6.45) is 7.29. The Morgan fingerprint density at radius 1 is 0.630 bits per heavy atom. The van der Waals surface area contributed by atoms with Gasteiger partial charge in [0.1, 0.15) is 0 Å². The van der Waals surface area contributed by atoms with Crippen LogP contribution in [-0.4, -0.2) is 15.0 Å². The third-order valence-corrected chi connectivity index (χ3v) is 4.71. The van der Waals surface area contributed by atoms with Crippen LogP contribution >= 0.6 is 0 Å². The molecule has 4 heteroatoms. The van der Waals surface area contributed by atoms with Crippen LogP contribution in [0.15, 0.2) is 102 Å². The SMILES string of the molecule is O=c1cccc(C(c2cccnc2)C(c2ccccc2)c2cccnc2)[nH]1. The lowest BCUT2D eigenvalue weighted by molar-refractivity contribution is 0.667. The van der Waals surface area contributed by atoms with E-state index in [0.29, 0.717) is 0 Å². The van der Waals surface area contributed by atoms with Crippen LogP contribution in [0.1, 0.15) is 34.2 Å². The lowest BCUT2D eigenvalue weighted by Crippen LogP contribution is -2.19. The predicted molar refractivity (Wildman–Crippen MR) is 106 cm³/mol. The summed E-state index contributed by atoms with van der Waals surface area (Å²) in [5.74, 6) is -0.110. The third kappa shape index (κ3) is 3.70. The van der Waals surface area contributed by atoms with Gasteiger partial charge in [-0.2, -0.15) is 0 Å². The molecule has 0 bridgehead atoms. The Morgan fingerprint density at radius 3 is 1.85 bits per heavy atom. The van der Waals surface area contributed by atoms with E-state index in [2.05, 4.69) is 39.2 Å². The van der Waals surface area contributed by atoms with Crippen LogP contribution in [0, 0.1) is 0 Å². The molecule has 0 spiro atoms. The average molecular weight is 353 g/mol. The molecule has 0 aliphatic carbocycles. The molecule has 132 valence electrons. The second-order valence-corrected chi connectivity index (χ2v) is 6.41. The fourth-order valence-corrected chi connectivity index (χ4v) is 3.56. The van der Waals surface area contributed by atoms with Crippen molar-refractivity contribution in [1.29, 1.82) is 0 Å². The highest BCUT2D eigenvalue weighted by molar-refractivity contribution is 5.41. The smallest absolute Gasteiger partial charge is 0.248 e. The van der Waals surface area contributed by atoms with Crippen molar-refractivity contribution in [2.75, 3.05) is 0 Å². The predicted octanol–water partition coefficient (Wildman–Crippen LogP) is 4.13. The van der Waals surface area contributed by atoms with Gasteiger partial charge in [-0.15, -0.1) is 0 Å². The first-order valence-corrected chi connectivity index (χ1v) is 8.87. The molecule has 1 N–H and O–H groups in total. The van der Waals surface area contributed by atoms with Gasteiger partial charge in [0.05, 0.1) is 0 Å². The van der Waals surface area contributed by atoms with Gasteiger partial charge in [0, 0.05) is 48.4 Å². The number of aromatic amines is 1. The molecule has 1 aromatic carbocycles.